The van der Waals surface area contributed by atoms with E-state index in [9.17, 15) is 0 Å². The van der Waals surface area contributed by atoms with Gasteiger partial charge in [0, 0.05) is 6.61 Å². The third-order valence-electron chi connectivity index (χ3n) is 1.79. The van der Waals surface area contributed by atoms with Crippen molar-refractivity contribution >= 4 is 5.84 Å². The van der Waals surface area contributed by atoms with Crippen molar-refractivity contribution in [2.75, 3.05) is 6.61 Å². The number of hydrogen-bond acceptors (Lipinski definition) is 2. The average molecular weight is 128 g/mol. The number of ether oxygens (including phenoxy) is 1. The molecule has 0 radical (unpaired) electrons. The molecule has 9 heavy (non-hydrogen) atoms. The van der Waals surface area contributed by atoms with Crippen LogP contribution in [-0.2, 0) is 4.74 Å². The van der Waals surface area contributed by atoms with Gasteiger partial charge in [-0.1, -0.05) is 0 Å². The second kappa shape index (κ2) is 1.99. The topological polar surface area (TPSA) is 59.1 Å². The molecule has 1 aliphatic rings. The van der Waals surface area contributed by atoms with Crippen molar-refractivity contribution in [3.63, 3.8) is 0 Å². The first kappa shape index (κ1) is 6.55. The van der Waals surface area contributed by atoms with Crippen LogP contribution in [0.5, 0.6) is 0 Å². The summed E-state index contributed by atoms with van der Waals surface area (Å²) < 4.78 is 5.25. The Hall–Kier alpha value is -0.570. The summed E-state index contributed by atoms with van der Waals surface area (Å²) in [7, 11) is 0. The SMILES string of the molecule is CC1(C(=N)N)CCCO1. The molecule has 0 amide bonds. The van der Waals surface area contributed by atoms with Gasteiger partial charge in [-0.05, 0) is 19.8 Å². The van der Waals surface area contributed by atoms with Crippen molar-refractivity contribution < 1.29 is 4.74 Å². The van der Waals surface area contributed by atoms with E-state index in [-0.39, 0.29) is 5.84 Å². The Bertz CT molecular complexity index is 127. The van der Waals surface area contributed by atoms with E-state index in [1.807, 2.05) is 6.92 Å². The molecule has 1 rings (SSSR count). The smallest absolute Gasteiger partial charge is 0.123 e. The van der Waals surface area contributed by atoms with Gasteiger partial charge in [-0.15, -0.1) is 0 Å². The van der Waals surface area contributed by atoms with E-state index in [4.69, 9.17) is 15.9 Å². The van der Waals surface area contributed by atoms with E-state index in [0.717, 1.165) is 19.4 Å². The van der Waals surface area contributed by atoms with Gasteiger partial charge in [0.15, 0.2) is 0 Å². The summed E-state index contributed by atoms with van der Waals surface area (Å²) in [6.45, 7) is 2.61. The fourth-order valence-electron chi connectivity index (χ4n) is 0.992. The van der Waals surface area contributed by atoms with Crippen molar-refractivity contribution in [1.29, 1.82) is 5.41 Å². The molecule has 0 bridgehead atoms. The first-order valence-electron chi connectivity index (χ1n) is 3.14. The van der Waals surface area contributed by atoms with Gasteiger partial charge >= 0.3 is 0 Å². The molecule has 0 aromatic rings. The summed E-state index contributed by atoms with van der Waals surface area (Å²) in [6, 6.07) is 0. The van der Waals surface area contributed by atoms with Gasteiger partial charge in [0.05, 0.1) is 0 Å². The maximum atomic E-state index is 7.14. The highest BCUT2D eigenvalue weighted by Gasteiger charge is 2.32. The van der Waals surface area contributed by atoms with Crippen molar-refractivity contribution in [3.05, 3.63) is 0 Å². The minimum absolute atomic E-state index is 0.153. The Balaban J connectivity index is 2.61. The van der Waals surface area contributed by atoms with Crippen LogP contribution < -0.4 is 5.73 Å². The van der Waals surface area contributed by atoms with Crippen LogP contribution >= 0.6 is 0 Å². The maximum absolute atomic E-state index is 7.14. The van der Waals surface area contributed by atoms with Crippen LogP contribution in [0.2, 0.25) is 0 Å². The van der Waals surface area contributed by atoms with E-state index in [0.29, 0.717) is 0 Å². The zero-order valence-corrected chi connectivity index (χ0v) is 5.61. The molecule has 0 aromatic carbocycles. The van der Waals surface area contributed by atoms with Crippen molar-refractivity contribution in [3.8, 4) is 0 Å². The highest BCUT2D eigenvalue weighted by Crippen LogP contribution is 2.23. The van der Waals surface area contributed by atoms with Crippen LogP contribution in [0, 0.1) is 5.41 Å². The van der Waals surface area contributed by atoms with E-state index in [1.54, 1.807) is 0 Å². The fourth-order valence-corrected chi connectivity index (χ4v) is 0.992. The number of nitrogens with two attached hydrogens (primary N) is 1. The first-order valence-corrected chi connectivity index (χ1v) is 3.14. The molecular weight excluding hydrogens is 116 g/mol. The van der Waals surface area contributed by atoms with E-state index in [1.165, 1.54) is 0 Å². The van der Waals surface area contributed by atoms with Gasteiger partial charge in [0.2, 0.25) is 0 Å². The van der Waals surface area contributed by atoms with Gasteiger partial charge < -0.3 is 10.5 Å². The molecule has 0 spiro atoms. The zero-order valence-electron chi connectivity index (χ0n) is 5.61. The minimum Gasteiger partial charge on any atom is -0.385 e. The summed E-state index contributed by atoms with van der Waals surface area (Å²) in [5.41, 5.74) is 4.85. The van der Waals surface area contributed by atoms with Crippen LogP contribution in [0.1, 0.15) is 19.8 Å². The second-order valence-corrected chi connectivity index (χ2v) is 2.60. The zero-order chi connectivity index (χ0) is 6.91. The molecular formula is C6H12N2O. The Morgan fingerprint density at radius 1 is 1.78 bits per heavy atom. The highest BCUT2D eigenvalue weighted by molar-refractivity contribution is 5.85. The average Bonchev–Trinajstić information content (AvgIpc) is 2.16. The van der Waals surface area contributed by atoms with Crippen LogP contribution in [0.3, 0.4) is 0 Å². The standard InChI is InChI=1S/C6H12N2O/c1-6(5(7)8)3-2-4-9-6/h2-4H2,1H3,(H3,7,8). The lowest BCUT2D eigenvalue weighted by Crippen LogP contribution is -2.39. The summed E-state index contributed by atoms with van der Waals surface area (Å²) in [5.74, 6) is 0.153. The molecule has 3 nitrogen and oxygen atoms in total. The van der Waals surface area contributed by atoms with Crippen LogP contribution in [0.4, 0.5) is 0 Å². The molecule has 1 fully saturated rings. The van der Waals surface area contributed by atoms with E-state index >= 15 is 0 Å². The largest absolute Gasteiger partial charge is 0.385 e. The fraction of sp³-hybridized carbons (Fsp3) is 0.833. The number of nitrogens with one attached hydrogen (secondary N) is 1. The molecule has 3 heteroatoms. The number of hydrogen-bond donors (Lipinski definition) is 2. The van der Waals surface area contributed by atoms with Gasteiger partial charge in [0.1, 0.15) is 11.4 Å². The predicted octanol–water partition coefficient (Wildman–Crippen LogP) is 0.491. The summed E-state index contributed by atoms with van der Waals surface area (Å²) in [5, 5.41) is 7.14. The summed E-state index contributed by atoms with van der Waals surface area (Å²) >= 11 is 0. The third-order valence-corrected chi connectivity index (χ3v) is 1.79. The monoisotopic (exact) mass is 128 g/mol. The molecule has 0 aliphatic carbocycles. The Morgan fingerprint density at radius 2 is 2.44 bits per heavy atom. The molecule has 52 valence electrons. The minimum atomic E-state index is -0.444. The Morgan fingerprint density at radius 3 is 2.67 bits per heavy atom. The number of rotatable bonds is 1. The molecule has 1 unspecified atom stereocenters. The van der Waals surface area contributed by atoms with E-state index < -0.39 is 5.60 Å². The van der Waals surface area contributed by atoms with Crippen molar-refractivity contribution in [1.82, 2.24) is 0 Å². The van der Waals surface area contributed by atoms with Gasteiger partial charge in [-0.2, -0.15) is 0 Å². The van der Waals surface area contributed by atoms with Gasteiger partial charge in [-0.25, -0.2) is 0 Å². The Labute approximate surface area is 54.7 Å². The molecule has 1 saturated heterocycles. The summed E-state index contributed by atoms with van der Waals surface area (Å²) in [4.78, 5) is 0. The summed E-state index contributed by atoms with van der Waals surface area (Å²) in [6.07, 6.45) is 1.92. The normalized spacial score (nSPS) is 34.8. The van der Waals surface area contributed by atoms with Crippen molar-refractivity contribution in [2.24, 2.45) is 5.73 Å². The molecule has 1 heterocycles. The van der Waals surface area contributed by atoms with Gasteiger partial charge in [-0.3, -0.25) is 5.41 Å². The van der Waals surface area contributed by atoms with Crippen molar-refractivity contribution in [2.45, 2.75) is 25.4 Å². The molecule has 1 aliphatic heterocycles. The highest BCUT2D eigenvalue weighted by atomic mass is 16.5. The quantitative estimate of drug-likeness (QED) is 0.399. The van der Waals surface area contributed by atoms with Crippen LogP contribution in [0.15, 0.2) is 0 Å². The number of amidine groups is 1. The maximum Gasteiger partial charge on any atom is 0.123 e. The lowest BCUT2D eigenvalue weighted by Gasteiger charge is -2.20. The third kappa shape index (κ3) is 1.05. The molecule has 0 saturated carbocycles. The van der Waals surface area contributed by atoms with Crippen LogP contribution in [-0.4, -0.2) is 18.0 Å². The lowest BCUT2D eigenvalue weighted by molar-refractivity contribution is 0.0760. The predicted molar refractivity (Wildman–Crippen MR) is 35.5 cm³/mol. The second-order valence-electron chi connectivity index (χ2n) is 2.60. The molecule has 0 aromatic heterocycles. The molecule has 1 atom stereocenters. The van der Waals surface area contributed by atoms with Gasteiger partial charge in [0.25, 0.3) is 0 Å². The van der Waals surface area contributed by atoms with Crippen LogP contribution in [0.25, 0.3) is 0 Å². The lowest BCUT2D eigenvalue weighted by atomic mass is 10.0. The van der Waals surface area contributed by atoms with E-state index in [2.05, 4.69) is 0 Å². The Kier molecular flexibility index (Phi) is 1.45. The molecule has 3 N–H and O–H groups in total. The first-order chi connectivity index (χ1) is 4.15.